The Balaban J connectivity index is 3.98. The standard InChI is InChI=1S/C71H132O6/c1-4-7-10-13-16-19-22-24-25-26-27-28-29-30-31-32-33-34-35-36-37-38-39-40-41-42-43-44-45-47-49-52-55-58-61-64-70(73)76-67-68(66-75-69(72)63-60-57-54-51-48-21-18-15-12-9-6-3)77-71(74)65-62-59-56-53-50-46-23-20-17-14-11-8-5-2/h15,18,20,23,26-27,68H,4-14,16-17,19,21-22,24-25,28-67H2,1-3H3/b18-15-,23-20-,27-26-. The van der Waals surface area contributed by atoms with Crippen LogP contribution in [-0.4, -0.2) is 37.2 Å². The highest BCUT2D eigenvalue weighted by molar-refractivity contribution is 5.71. The molecule has 0 aliphatic heterocycles. The summed E-state index contributed by atoms with van der Waals surface area (Å²) in [6.07, 6.45) is 82.0. The second kappa shape index (κ2) is 66.1. The molecule has 1 unspecified atom stereocenters. The molecule has 0 spiro atoms. The Morgan fingerprint density at radius 3 is 0.701 bits per heavy atom. The molecule has 0 aromatic rings. The van der Waals surface area contributed by atoms with E-state index in [4.69, 9.17) is 14.2 Å². The zero-order chi connectivity index (χ0) is 55.7. The maximum atomic E-state index is 12.8. The summed E-state index contributed by atoms with van der Waals surface area (Å²) in [6.45, 7) is 6.62. The lowest BCUT2D eigenvalue weighted by Crippen LogP contribution is -2.30. The first-order valence-corrected chi connectivity index (χ1v) is 34.5. The first-order chi connectivity index (χ1) is 38.0. The molecular formula is C71H132O6. The van der Waals surface area contributed by atoms with Gasteiger partial charge in [0.15, 0.2) is 6.10 Å². The van der Waals surface area contributed by atoms with Gasteiger partial charge >= 0.3 is 17.9 Å². The fourth-order valence-electron chi connectivity index (χ4n) is 10.4. The van der Waals surface area contributed by atoms with Crippen molar-refractivity contribution in [1.82, 2.24) is 0 Å². The van der Waals surface area contributed by atoms with E-state index in [1.807, 2.05) is 0 Å². The molecular weight excluding hydrogens is 949 g/mol. The van der Waals surface area contributed by atoms with Gasteiger partial charge in [0.25, 0.3) is 0 Å². The van der Waals surface area contributed by atoms with E-state index >= 15 is 0 Å². The van der Waals surface area contributed by atoms with Gasteiger partial charge in [-0.3, -0.25) is 14.4 Å². The summed E-state index contributed by atoms with van der Waals surface area (Å²) < 4.78 is 16.9. The van der Waals surface area contributed by atoms with Crippen LogP contribution in [0.15, 0.2) is 36.5 Å². The third-order valence-corrected chi connectivity index (χ3v) is 15.6. The summed E-state index contributed by atoms with van der Waals surface area (Å²) in [5, 5.41) is 0. The van der Waals surface area contributed by atoms with Crippen molar-refractivity contribution in [3.05, 3.63) is 36.5 Å². The predicted octanol–water partition coefficient (Wildman–Crippen LogP) is 23.6. The molecule has 0 saturated heterocycles. The van der Waals surface area contributed by atoms with Crippen LogP contribution >= 0.6 is 0 Å². The maximum absolute atomic E-state index is 12.8. The van der Waals surface area contributed by atoms with Crippen LogP contribution in [0.25, 0.3) is 0 Å². The smallest absolute Gasteiger partial charge is 0.306 e. The number of carbonyl (C=O) groups is 3. The number of esters is 3. The highest BCUT2D eigenvalue weighted by Gasteiger charge is 2.19. The number of rotatable bonds is 64. The fourth-order valence-corrected chi connectivity index (χ4v) is 10.4. The van der Waals surface area contributed by atoms with Crippen LogP contribution in [0.1, 0.15) is 380 Å². The first-order valence-electron chi connectivity index (χ1n) is 34.5. The Labute approximate surface area is 480 Å². The molecule has 452 valence electrons. The van der Waals surface area contributed by atoms with E-state index in [0.29, 0.717) is 19.3 Å². The van der Waals surface area contributed by atoms with Crippen LogP contribution in [0.2, 0.25) is 0 Å². The Morgan fingerprint density at radius 1 is 0.247 bits per heavy atom. The van der Waals surface area contributed by atoms with Gasteiger partial charge in [-0.05, 0) is 89.9 Å². The van der Waals surface area contributed by atoms with Gasteiger partial charge in [0.05, 0.1) is 0 Å². The Kier molecular flexibility index (Phi) is 64.1. The van der Waals surface area contributed by atoms with Crippen molar-refractivity contribution in [2.24, 2.45) is 0 Å². The van der Waals surface area contributed by atoms with Crippen LogP contribution in [0.5, 0.6) is 0 Å². The molecule has 0 bridgehead atoms. The SMILES string of the molecule is CCCC/C=C\CCCCCCCC(=O)OCC(COC(=O)CCCCCCCCCCCCCCCCCCCCCCCCC/C=C\CCCCCCCCCC)OC(=O)CCCCCCC/C=C\CCCCCC. The van der Waals surface area contributed by atoms with Gasteiger partial charge in [-0.1, -0.05) is 308 Å². The molecule has 0 aliphatic rings. The average Bonchev–Trinajstić information content (AvgIpc) is 3.43. The summed E-state index contributed by atoms with van der Waals surface area (Å²) in [6, 6.07) is 0. The summed E-state index contributed by atoms with van der Waals surface area (Å²) in [4.78, 5) is 38.2. The molecule has 0 amide bonds. The van der Waals surface area contributed by atoms with Crippen molar-refractivity contribution < 1.29 is 28.6 Å². The van der Waals surface area contributed by atoms with Gasteiger partial charge in [0.1, 0.15) is 13.2 Å². The van der Waals surface area contributed by atoms with Crippen molar-refractivity contribution in [2.75, 3.05) is 13.2 Å². The van der Waals surface area contributed by atoms with Gasteiger partial charge in [-0.2, -0.15) is 0 Å². The predicted molar refractivity (Wildman–Crippen MR) is 335 cm³/mol. The molecule has 0 aliphatic carbocycles. The molecule has 0 saturated carbocycles. The van der Waals surface area contributed by atoms with E-state index in [1.165, 1.54) is 270 Å². The van der Waals surface area contributed by atoms with E-state index in [1.54, 1.807) is 0 Å². The lowest BCUT2D eigenvalue weighted by atomic mass is 10.0. The molecule has 77 heavy (non-hydrogen) atoms. The molecule has 0 fully saturated rings. The fraction of sp³-hybridized carbons (Fsp3) is 0.873. The number of hydrogen-bond donors (Lipinski definition) is 0. The molecule has 0 N–H and O–H groups in total. The third kappa shape index (κ3) is 64.3. The largest absolute Gasteiger partial charge is 0.462 e. The van der Waals surface area contributed by atoms with Crippen LogP contribution in [0, 0.1) is 0 Å². The Bertz CT molecular complexity index is 1290. The molecule has 1 atom stereocenters. The minimum atomic E-state index is -0.777. The zero-order valence-corrected chi connectivity index (χ0v) is 52.0. The number of unbranched alkanes of at least 4 members (excludes halogenated alkanes) is 47. The van der Waals surface area contributed by atoms with Crippen molar-refractivity contribution in [3.63, 3.8) is 0 Å². The Hall–Kier alpha value is -2.37. The summed E-state index contributed by atoms with van der Waals surface area (Å²) in [5.41, 5.74) is 0. The molecule has 0 radical (unpaired) electrons. The highest BCUT2D eigenvalue weighted by Crippen LogP contribution is 2.18. The van der Waals surface area contributed by atoms with E-state index in [0.717, 1.165) is 70.6 Å². The average molecular weight is 1080 g/mol. The van der Waals surface area contributed by atoms with Crippen LogP contribution < -0.4 is 0 Å². The molecule has 6 heteroatoms. The minimum Gasteiger partial charge on any atom is -0.462 e. The molecule has 0 rings (SSSR count). The second-order valence-corrected chi connectivity index (χ2v) is 23.4. The number of hydrogen-bond acceptors (Lipinski definition) is 6. The van der Waals surface area contributed by atoms with Gasteiger partial charge < -0.3 is 14.2 Å². The van der Waals surface area contributed by atoms with Crippen LogP contribution in [0.4, 0.5) is 0 Å². The summed E-state index contributed by atoms with van der Waals surface area (Å²) in [5.74, 6) is -0.873. The second-order valence-electron chi connectivity index (χ2n) is 23.4. The molecule has 0 heterocycles. The normalized spacial score (nSPS) is 12.2. The monoisotopic (exact) mass is 1080 g/mol. The number of ether oxygens (including phenoxy) is 3. The van der Waals surface area contributed by atoms with Crippen molar-refractivity contribution >= 4 is 17.9 Å². The number of allylic oxidation sites excluding steroid dienone is 6. The topological polar surface area (TPSA) is 78.9 Å². The van der Waals surface area contributed by atoms with E-state index in [9.17, 15) is 14.4 Å². The third-order valence-electron chi connectivity index (χ3n) is 15.6. The molecule has 0 aromatic heterocycles. The minimum absolute atomic E-state index is 0.0740. The maximum Gasteiger partial charge on any atom is 0.306 e. The van der Waals surface area contributed by atoms with Gasteiger partial charge in [-0.25, -0.2) is 0 Å². The van der Waals surface area contributed by atoms with Crippen LogP contribution in [-0.2, 0) is 28.6 Å². The van der Waals surface area contributed by atoms with E-state index in [2.05, 4.69) is 57.2 Å². The van der Waals surface area contributed by atoms with Crippen molar-refractivity contribution in [3.8, 4) is 0 Å². The quantitative estimate of drug-likeness (QED) is 0.0261. The summed E-state index contributed by atoms with van der Waals surface area (Å²) in [7, 11) is 0. The van der Waals surface area contributed by atoms with Crippen molar-refractivity contribution in [2.45, 2.75) is 386 Å². The number of carbonyl (C=O) groups excluding carboxylic acids is 3. The Morgan fingerprint density at radius 2 is 0.442 bits per heavy atom. The van der Waals surface area contributed by atoms with E-state index < -0.39 is 6.10 Å². The van der Waals surface area contributed by atoms with Gasteiger partial charge in [0, 0.05) is 19.3 Å². The lowest BCUT2D eigenvalue weighted by Gasteiger charge is -2.18. The lowest BCUT2D eigenvalue weighted by molar-refractivity contribution is -0.167. The zero-order valence-electron chi connectivity index (χ0n) is 52.0. The van der Waals surface area contributed by atoms with Gasteiger partial charge in [0.2, 0.25) is 0 Å². The van der Waals surface area contributed by atoms with Gasteiger partial charge in [-0.15, -0.1) is 0 Å². The first kappa shape index (κ1) is 74.6. The van der Waals surface area contributed by atoms with Crippen molar-refractivity contribution in [1.29, 1.82) is 0 Å². The highest BCUT2D eigenvalue weighted by atomic mass is 16.6. The van der Waals surface area contributed by atoms with Crippen LogP contribution in [0.3, 0.4) is 0 Å². The molecule has 0 aromatic carbocycles. The van der Waals surface area contributed by atoms with E-state index in [-0.39, 0.29) is 31.1 Å². The summed E-state index contributed by atoms with van der Waals surface area (Å²) >= 11 is 0. The molecule has 6 nitrogen and oxygen atoms in total.